The molecule has 1 unspecified atom stereocenters. The summed E-state index contributed by atoms with van der Waals surface area (Å²) in [7, 11) is 0. The fraction of sp³-hybridized carbons (Fsp3) is 0.500. The van der Waals surface area contributed by atoms with Gasteiger partial charge in [-0.15, -0.1) is 0 Å². The van der Waals surface area contributed by atoms with Gasteiger partial charge in [0.05, 0.1) is 5.54 Å². The van der Waals surface area contributed by atoms with E-state index in [9.17, 15) is 4.79 Å². The van der Waals surface area contributed by atoms with Crippen molar-refractivity contribution < 1.29 is 4.79 Å². The second kappa shape index (κ2) is 3.87. The second-order valence-electron chi connectivity index (χ2n) is 4.74. The van der Waals surface area contributed by atoms with Crippen molar-refractivity contribution in [2.75, 3.05) is 6.54 Å². The summed E-state index contributed by atoms with van der Waals surface area (Å²) in [5, 5.41) is 0. The van der Waals surface area contributed by atoms with E-state index in [2.05, 4.69) is 4.98 Å². The van der Waals surface area contributed by atoms with E-state index in [-0.39, 0.29) is 17.5 Å². The molecule has 1 saturated heterocycles. The SMILES string of the molecule is CC1(C)C(N)CCN1C(=O)c1ccncc1. The van der Waals surface area contributed by atoms with Crippen molar-refractivity contribution in [3.05, 3.63) is 30.1 Å². The highest BCUT2D eigenvalue weighted by atomic mass is 16.2. The number of pyridine rings is 1. The van der Waals surface area contributed by atoms with Gasteiger partial charge in [0.1, 0.15) is 0 Å². The van der Waals surface area contributed by atoms with Gasteiger partial charge >= 0.3 is 0 Å². The summed E-state index contributed by atoms with van der Waals surface area (Å²) in [6.07, 6.45) is 4.14. The number of hydrogen-bond donors (Lipinski definition) is 1. The van der Waals surface area contributed by atoms with Crippen molar-refractivity contribution in [3.8, 4) is 0 Å². The number of hydrogen-bond acceptors (Lipinski definition) is 3. The normalized spacial score (nSPS) is 23.4. The predicted molar refractivity (Wildman–Crippen MR) is 61.9 cm³/mol. The molecule has 1 amide bonds. The van der Waals surface area contributed by atoms with Crippen molar-refractivity contribution in [3.63, 3.8) is 0 Å². The Balaban J connectivity index is 2.24. The summed E-state index contributed by atoms with van der Waals surface area (Å²) >= 11 is 0. The third-order valence-electron chi connectivity index (χ3n) is 3.44. The third kappa shape index (κ3) is 1.69. The molecule has 4 heteroatoms. The van der Waals surface area contributed by atoms with Crippen molar-refractivity contribution in [1.29, 1.82) is 0 Å². The van der Waals surface area contributed by atoms with E-state index in [0.29, 0.717) is 5.56 Å². The largest absolute Gasteiger partial charge is 0.332 e. The quantitative estimate of drug-likeness (QED) is 0.767. The minimum atomic E-state index is -0.264. The van der Waals surface area contributed by atoms with Crippen LogP contribution >= 0.6 is 0 Å². The number of nitrogens with two attached hydrogens (primary N) is 1. The molecule has 0 aromatic carbocycles. The van der Waals surface area contributed by atoms with E-state index in [4.69, 9.17) is 5.73 Å². The van der Waals surface area contributed by atoms with E-state index in [1.165, 1.54) is 0 Å². The smallest absolute Gasteiger partial charge is 0.254 e. The molecular formula is C12H17N3O. The van der Waals surface area contributed by atoms with Gasteiger partial charge in [0, 0.05) is 30.5 Å². The van der Waals surface area contributed by atoms with Gasteiger partial charge < -0.3 is 10.6 Å². The van der Waals surface area contributed by atoms with Crippen molar-refractivity contribution in [1.82, 2.24) is 9.88 Å². The molecule has 1 aromatic rings. The maximum atomic E-state index is 12.3. The third-order valence-corrected chi connectivity index (χ3v) is 3.44. The summed E-state index contributed by atoms with van der Waals surface area (Å²) in [4.78, 5) is 18.0. The van der Waals surface area contributed by atoms with E-state index in [1.807, 2.05) is 18.7 Å². The van der Waals surface area contributed by atoms with Gasteiger partial charge in [-0.05, 0) is 32.4 Å². The molecule has 1 aliphatic heterocycles. The molecule has 1 aliphatic rings. The van der Waals surface area contributed by atoms with Crippen LogP contribution in [0.2, 0.25) is 0 Å². The second-order valence-corrected chi connectivity index (χ2v) is 4.74. The molecule has 0 saturated carbocycles. The topological polar surface area (TPSA) is 59.2 Å². The van der Waals surface area contributed by atoms with Gasteiger partial charge in [0.25, 0.3) is 5.91 Å². The number of amides is 1. The first-order valence-corrected chi connectivity index (χ1v) is 5.51. The summed E-state index contributed by atoms with van der Waals surface area (Å²) in [6.45, 7) is 4.77. The minimum Gasteiger partial charge on any atom is -0.332 e. The van der Waals surface area contributed by atoms with Crippen LogP contribution in [-0.4, -0.2) is 33.9 Å². The van der Waals surface area contributed by atoms with Crippen LogP contribution in [0.3, 0.4) is 0 Å². The van der Waals surface area contributed by atoms with Crippen molar-refractivity contribution in [2.45, 2.75) is 31.8 Å². The van der Waals surface area contributed by atoms with Crippen LogP contribution in [-0.2, 0) is 0 Å². The maximum Gasteiger partial charge on any atom is 0.254 e. The number of likely N-dealkylation sites (tertiary alicyclic amines) is 1. The van der Waals surface area contributed by atoms with Gasteiger partial charge in [-0.2, -0.15) is 0 Å². The summed E-state index contributed by atoms with van der Waals surface area (Å²) in [5.41, 5.74) is 6.43. The van der Waals surface area contributed by atoms with E-state index in [1.54, 1.807) is 24.5 Å². The molecule has 2 rings (SSSR count). The number of rotatable bonds is 1. The number of nitrogens with zero attached hydrogens (tertiary/aromatic N) is 2. The Morgan fingerprint density at radius 3 is 2.62 bits per heavy atom. The Morgan fingerprint density at radius 2 is 2.12 bits per heavy atom. The molecule has 1 atom stereocenters. The van der Waals surface area contributed by atoms with Crippen LogP contribution in [0, 0.1) is 0 Å². The lowest BCUT2D eigenvalue weighted by atomic mass is 9.96. The minimum absolute atomic E-state index is 0.0420. The van der Waals surface area contributed by atoms with Crippen LogP contribution in [0.5, 0.6) is 0 Å². The standard InChI is InChI=1S/C12H17N3O/c1-12(2)10(13)5-8-15(12)11(16)9-3-6-14-7-4-9/h3-4,6-7,10H,5,8,13H2,1-2H3. The van der Waals surface area contributed by atoms with Crippen LogP contribution in [0.1, 0.15) is 30.6 Å². The summed E-state index contributed by atoms with van der Waals surface area (Å²) in [5.74, 6) is 0.0420. The first kappa shape index (κ1) is 11.1. The lowest BCUT2D eigenvalue weighted by molar-refractivity contribution is 0.0637. The van der Waals surface area contributed by atoms with Crippen molar-refractivity contribution >= 4 is 5.91 Å². The molecule has 0 bridgehead atoms. The van der Waals surface area contributed by atoms with E-state index < -0.39 is 0 Å². The van der Waals surface area contributed by atoms with Crippen LogP contribution in [0.4, 0.5) is 0 Å². The average Bonchev–Trinajstić information content (AvgIpc) is 2.54. The molecule has 1 aromatic heterocycles. The van der Waals surface area contributed by atoms with Gasteiger partial charge in [-0.25, -0.2) is 0 Å². The summed E-state index contributed by atoms with van der Waals surface area (Å²) in [6, 6.07) is 3.53. The zero-order chi connectivity index (χ0) is 11.8. The maximum absolute atomic E-state index is 12.3. The molecule has 2 heterocycles. The Bertz CT molecular complexity index is 389. The molecule has 0 radical (unpaired) electrons. The fourth-order valence-corrected chi connectivity index (χ4v) is 2.12. The highest BCUT2D eigenvalue weighted by Gasteiger charge is 2.41. The van der Waals surface area contributed by atoms with E-state index in [0.717, 1.165) is 13.0 Å². The zero-order valence-corrected chi connectivity index (χ0v) is 9.68. The molecular weight excluding hydrogens is 202 g/mol. The first-order valence-electron chi connectivity index (χ1n) is 5.51. The number of aromatic nitrogens is 1. The Hall–Kier alpha value is -1.42. The van der Waals surface area contributed by atoms with Crippen LogP contribution in [0.25, 0.3) is 0 Å². The Kier molecular flexibility index (Phi) is 2.68. The molecule has 0 aliphatic carbocycles. The lowest BCUT2D eigenvalue weighted by Crippen LogP contribution is -2.51. The van der Waals surface area contributed by atoms with Gasteiger partial charge in [0.2, 0.25) is 0 Å². The predicted octanol–water partition coefficient (Wildman–Crippen LogP) is 1.03. The lowest BCUT2D eigenvalue weighted by Gasteiger charge is -2.34. The first-order chi connectivity index (χ1) is 7.53. The Morgan fingerprint density at radius 1 is 1.50 bits per heavy atom. The molecule has 4 nitrogen and oxygen atoms in total. The Labute approximate surface area is 95.5 Å². The number of carbonyl (C=O) groups is 1. The van der Waals surface area contributed by atoms with Crippen LogP contribution < -0.4 is 5.73 Å². The molecule has 16 heavy (non-hydrogen) atoms. The summed E-state index contributed by atoms with van der Waals surface area (Å²) < 4.78 is 0. The molecule has 0 spiro atoms. The monoisotopic (exact) mass is 219 g/mol. The molecule has 2 N–H and O–H groups in total. The van der Waals surface area contributed by atoms with Gasteiger partial charge in [-0.3, -0.25) is 9.78 Å². The van der Waals surface area contributed by atoms with Crippen LogP contribution in [0.15, 0.2) is 24.5 Å². The molecule has 1 fully saturated rings. The highest BCUT2D eigenvalue weighted by Crippen LogP contribution is 2.28. The fourth-order valence-electron chi connectivity index (χ4n) is 2.12. The highest BCUT2D eigenvalue weighted by molar-refractivity contribution is 5.94. The van der Waals surface area contributed by atoms with Crippen molar-refractivity contribution in [2.24, 2.45) is 5.73 Å². The molecule has 86 valence electrons. The zero-order valence-electron chi connectivity index (χ0n) is 9.68. The van der Waals surface area contributed by atoms with E-state index >= 15 is 0 Å². The van der Waals surface area contributed by atoms with Gasteiger partial charge in [-0.1, -0.05) is 0 Å². The van der Waals surface area contributed by atoms with Gasteiger partial charge in [0.15, 0.2) is 0 Å². The average molecular weight is 219 g/mol. The number of carbonyl (C=O) groups excluding carboxylic acids is 1.